The number of hydrogen-bond acceptors (Lipinski definition) is 2. The molecule has 0 aromatic carbocycles. The molecular weight excluding hydrogens is 226 g/mol. The number of carbonyl (C=O) groups is 1. The van der Waals surface area contributed by atoms with Crippen molar-refractivity contribution in [2.45, 2.75) is 58.0 Å². The second kappa shape index (κ2) is 5.91. The molecule has 3 N–H and O–H groups in total. The van der Waals surface area contributed by atoms with Gasteiger partial charge >= 0.3 is 6.03 Å². The highest BCUT2D eigenvalue weighted by atomic mass is 16.2. The Morgan fingerprint density at radius 3 is 2.44 bits per heavy atom. The summed E-state index contributed by atoms with van der Waals surface area (Å²) in [6.07, 6.45) is 6.08. The van der Waals surface area contributed by atoms with E-state index in [0.29, 0.717) is 12.1 Å². The summed E-state index contributed by atoms with van der Waals surface area (Å²) in [6, 6.07) is 0.984. The van der Waals surface area contributed by atoms with Crippen LogP contribution in [0.5, 0.6) is 0 Å². The summed E-state index contributed by atoms with van der Waals surface area (Å²) in [6.45, 7) is 6.31. The van der Waals surface area contributed by atoms with E-state index in [1.165, 1.54) is 19.3 Å². The van der Waals surface area contributed by atoms with Gasteiger partial charge in [-0.15, -0.1) is 0 Å². The molecule has 1 saturated heterocycles. The predicted molar refractivity (Wildman–Crippen MR) is 73.3 cm³/mol. The van der Waals surface area contributed by atoms with Crippen LogP contribution in [0.2, 0.25) is 0 Å². The van der Waals surface area contributed by atoms with Crippen LogP contribution in [0.3, 0.4) is 0 Å². The third-order valence-corrected chi connectivity index (χ3v) is 5.01. The van der Waals surface area contributed by atoms with Gasteiger partial charge in [0.15, 0.2) is 0 Å². The lowest BCUT2D eigenvalue weighted by molar-refractivity contribution is 0.179. The zero-order valence-electron chi connectivity index (χ0n) is 11.7. The van der Waals surface area contributed by atoms with Crippen molar-refractivity contribution >= 4 is 6.03 Å². The van der Waals surface area contributed by atoms with Gasteiger partial charge in [0.05, 0.1) is 0 Å². The van der Waals surface area contributed by atoms with E-state index >= 15 is 0 Å². The Kier molecular flexibility index (Phi) is 4.49. The van der Waals surface area contributed by atoms with E-state index in [-0.39, 0.29) is 6.03 Å². The van der Waals surface area contributed by atoms with Gasteiger partial charge < -0.3 is 16.0 Å². The van der Waals surface area contributed by atoms with Crippen LogP contribution in [0.25, 0.3) is 0 Å². The summed E-state index contributed by atoms with van der Waals surface area (Å²) in [4.78, 5) is 12.8. The minimum Gasteiger partial charge on any atom is -0.351 e. The Morgan fingerprint density at radius 2 is 1.94 bits per heavy atom. The Morgan fingerprint density at radius 1 is 1.28 bits per heavy atom. The number of hydrogen-bond donors (Lipinski definition) is 2. The molecule has 104 valence electrons. The number of carbonyl (C=O) groups excluding carboxylic acids is 1. The zero-order chi connectivity index (χ0) is 13.1. The molecule has 3 atom stereocenters. The van der Waals surface area contributed by atoms with E-state index in [2.05, 4.69) is 19.2 Å². The Hall–Kier alpha value is -0.770. The van der Waals surface area contributed by atoms with Crippen molar-refractivity contribution in [2.24, 2.45) is 17.6 Å². The quantitative estimate of drug-likeness (QED) is 0.807. The Balaban J connectivity index is 1.77. The smallest absolute Gasteiger partial charge is 0.314 e. The molecule has 0 aromatic rings. The number of nitrogens with two attached hydrogens (primary N) is 1. The largest absolute Gasteiger partial charge is 0.351 e. The van der Waals surface area contributed by atoms with Crippen molar-refractivity contribution in [3.63, 3.8) is 0 Å². The number of nitrogens with one attached hydrogen (secondary N) is 1. The molecule has 2 aliphatic rings. The average molecular weight is 253 g/mol. The maximum absolute atomic E-state index is 11.1. The van der Waals surface area contributed by atoms with Crippen molar-refractivity contribution < 1.29 is 4.79 Å². The van der Waals surface area contributed by atoms with Crippen molar-refractivity contribution in [3.8, 4) is 0 Å². The van der Waals surface area contributed by atoms with E-state index in [1.807, 2.05) is 0 Å². The van der Waals surface area contributed by atoms with E-state index in [0.717, 1.165) is 37.8 Å². The van der Waals surface area contributed by atoms with Gasteiger partial charge in [-0.05, 0) is 37.5 Å². The minimum atomic E-state index is -0.270. The molecular formula is C14H27N3O. The van der Waals surface area contributed by atoms with Crippen LogP contribution in [0, 0.1) is 11.8 Å². The second-order valence-corrected chi connectivity index (χ2v) is 5.98. The molecule has 3 unspecified atom stereocenters. The number of nitrogens with zero attached hydrogens (tertiary/aromatic N) is 1. The molecule has 4 nitrogen and oxygen atoms in total. The van der Waals surface area contributed by atoms with Crippen molar-refractivity contribution in [3.05, 3.63) is 0 Å². The highest BCUT2D eigenvalue weighted by Crippen LogP contribution is 2.34. The fourth-order valence-electron chi connectivity index (χ4n) is 3.63. The SMILES string of the molecule is CCC1CCC(NC2CCN(C(N)=O)CC2)C1C. The molecule has 4 heteroatoms. The Labute approximate surface area is 110 Å². The van der Waals surface area contributed by atoms with E-state index in [9.17, 15) is 4.79 Å². The summed E-state index contributed by atoms with van der Waals surface area (Å²) in [5, 5.41) is 3.81. The zero-order valence-corrected chi connectivity index (χ0v) is 11.7. The first-order chi connectivity index (χ1) is 8.61. The standard InChI is InChI=1S/C14H27N3O/c1-3-11-4-5-13(10(11)2)16-12-6-8-17(9-7-12)14(15)18/h10-13,16H,3-9H2,1-2H3,(H2,15,18). The molecule has 0 aromatic heterocycles. The van der Waals surface area contributed by atoms with Gasteiger partial charge in [-0.25, -0.2) is 4.79 Å². The van der Waals surface area contributed by atoms with Crippen LogP contribution < -0.4 is 11.1 Å². The third kappa shape index (κ3) is 2.97. The van der Waals surface area contributed by atoms with E-state index < -0.39 is 0 Å². The lowest BCUT2D eigenvalue weighted by Crippen LogP contribution is -2.49. The van der Waals surface area contributed by atoms with Crippen molar-refractivity contribution in [2.75, 3.05) is 13.1 Å². The van der Waals surface area contributed by atoms with E-state index in [4.69, 9.17) is 5.73 Å². The molecule has 1 heterocycles. The topological polar surface area (TPSA) is 58.4 Å². The summed E-state index contributed by atoms with van der Waals surface area (Å²) in [5.41, 5.74) is 5.30. The monoisotopic (exact) mass is 253 g/mol. The number of primary amides is 1. The molecule has 2 rings (SSSR count). The second-order valence-electron chi connectivity index (χ2n) is 5.98. The fourth-order valence-corrected chi connectivity index (χ4v) is 3.63. The van der Waals surface area contributed by atoms with Crippen LogP contribution in [-0.4, -0.2) is 36.1 Å². The highest BCUT2D eigenvalue weighted by Gasteiger charge is 2.33. The van der Waals surface area contributed by atoms with Crippen molar-refractivity contribution in [1.29, 1.82) is 0 Å². The Bertz CT molecular complexity index is 287. The first kappa shape index (κ1) is 13.7. The molecule has 1 saturated carbocycles. The maximum atomic E-state index is 11.1. The lowest BCUT2D eigenvalue weighted by Gasteiger charge is -2.34. The molecule has 18 heavy (non-hydrogen) atoms. The maximum Gasteiger partial charge on any atom is 0.314 e. The molecule has 2 amide bonds. The van der Waals surface area contributed by atoms with Crippen LogP contribution in [-0.2, 0) is 0 Å². The van der Waals surface area contributed by atoms with Gasteiger partial charge in [0.25, 0.3) is 0 Å². The molecule has 0 radical (unpaired) electrons. The van der Waals surface area contributed by atoms with Crippen LogP contribution in [0.15, 0.2) is 0 Å². The first-order valence-electron chi connectivity index (χ1n) is 7.42. The molecule has 0 bridgehead atoms. The van der Waals surface area contributed by atoms with Gasteiger partial charge in [0, 0.05) is 25.2 Å². The molecule has 2 fully saturated rings. The first-order valence-corrected chi connectivity index (χ1v) is 7.42. The van der Waals surface area contributed by atoms with E-state index in [1.54, 1.807) is 4.90 Å². The summed E-state index contributed by atoms with van der Waals surface area (Å²) < 4.78 is 0. The lowest BCUT2D eigenvalue weighted by atomic mass is 9.92. The van der Waals surface area contributed by atoms with Crippen molar-refractivity contribution in [1.82, 2.24) is 10.2 Å². The third-order valence-electron chi connectivity index (χ3n) is 5.01. The number of piperidine rings is 1. The van der Waals surface area contributed by atoms with Gasteiger partial charge in [0.1, 0.15) is 0 Å². The number of likely N-dealkylation sites (tertiary alicyclic amines) is 1. The van der Waals surface area contributed by atoms with Gasteiger partial charge in [0.2, 0.25) is 0 Å². The molecule has 1 aliphatic carbocycles. The van der Waals surface area contributed by atoms with Gasteiger partial charge in [-0.2, -0.15) is 0 Å². The fraction of sp³-hybridized carbons (Fsp3) is 0.929. The van der Waals surface area contributed by atoms with Crippen LogP contribution in [0.1, 0.15) is 46.0 Å². The summed E-state index contributed by atoms with van der Waals surface area (Å²) in [7, 11) is 0. The predicted octanol–water partition coefficient (Wildman–Crippen LogP) is 1.94. The van der Waals surface area contributed by atoms with Crippen LogP contribution in [0.4, 0.5) is 4.79 Å². The molecule has 0 spiro atoms. The number of urea groups is 1. The highest BCUT2D eigenvalue weighted by molar-refractivity contribution is 5.72. The number of rotatable bonds is 3. The summed E-state index contributed by atoms with van der Waals surface area (Å²) in [5.74, 6) is 1.69. The molecule has 1 aliphatic heterocycles. The normalized spacial score (nSPS) is 33.9. The minimum absolute atomic E-state index is 0.270. The van der Waals surface area contributed by atoms with Gasteiger partial charge in [-0.1, -0.05) is 20.3 Å². The summed E-state index contributed by atoms with van der Waals surface area (Å²) >= 11 is 0. The number of amides is 2. The van der Waals surface area contributed by atoms with Gasteiger partial charge in [-0.3, -0.25) is 0 Å². The average Bonchev–Trinajstić information content (AvgIpc) is 2.71. The van der Waals surface area contributed by atoms with Crippen LogP contribution >= 0.6 is 0 Å².